The Balaban J connectivity index is 1.98. The fourth-order valence-electron chi connectivity index (χ4n) is 2.27. The van der Waals surface area contributed by atoms with Crippen molar-refractivity contribution in [3.63, 3.8) is 0 Å². The second-order valence-electron chi connectivity index (χ2n) is 5.10. The summed E-state index contributed by atoms with van der Waals surface area (Å²) < 4.78 is 11.1. The van der Waals surface area contributed by atoms with E-state index < -0.39 is 4.92 Å². The Morgan fingerprint density at radius 3 is 2.54 bits per heavy atom. The molecule has 2 aromatic carbocycles. The summed E-state index contributed by atoms with van der Waals surface area (Å²) in [4.78, 5) is 18.9. The molecular weight excluding hydrogens is 336 g/mol. The van der Waals surface area contributed by atoms with E-state index in [0.717, 1.165) is 0 Å². The number of anilines is 2. The van der Waals surface area contributed by atoms with Gasteiger partial charge < -0.3 is 14.8 Å². The molecule has 8 nitrogen and oxygen atoms in total. The van der Waals surface area contributed by atoms with Gasteiger partial charge in [0.05, 0.1) is 17.2 Å². The van der Waals surface area contributed by atoms with Crippen LogP contribution < -0.4 is 14.8 Å². The van der Waals surface area contributed by atoms with Gasteiger partial charge in [-0.25, -0.2) is 4.98 Å². The standard InChI is InChI=1S/C18H16N4O4/c1-2-25-15-11-7-6-10-14(15)21-17-16(22(23)24)18(20-12-19-17)26-13-8-4-3-5-9-13/h3-12H,2H2,1H3,(H,19,20,21). The monoisotopic (exact) mass is 352 g/mol. The minimum absolute atomic E-state index is 0.0167. The first-order valence-electron chi connectivity index (χ1n) is 7.90. The molecule has 0 aliphatic rings. The normalized spacial score (nSPS) is 10.2. The van der Waals surface area contributed by atoms with Crippen molar-refractivity contribution in [2.45, 2.75) is 6.92 Å². The lowest BCUT2D eigenvalue weighted by atomic mass is 10.3. The fourth-order valence-corrected chi connectivity index (χ4v) is 2.27. The van der Waals surface area contributed by atoms with E-state index in [4.69, 9.17) is 9.47 Å². The Bertz CT molecular complexity index is 903. The number of rotatable bonds is 7. The van der Waals surface area contributed by atoms with E-state index in [1.165, 1.54) is 6.33 Å². The van der Waals surface area contributed by atoms with Crippen LogP contribution in [-0.4, -0.2) is 21.5 Å². The lowest BCUT2D eigenvalue weighted by Gasteiger charge is -2.12. The van der Waals surface area contributed by atoms with Gasteiger partial charge in [-0.15, -0.1) is 0 Å². The van der Waals surface area contributed by atoms with Crippen LogP contribution in [0.3, 0.4) is 0 Å². The lowest BCUT2D eigenvalue weighted by Crippen LogP contribution is -2.04. The molecule has 0 saturated carbocycles. The first kappa shape index (κ1) is 17.2. The van der Waals surface area contributed by atoms with Crippen molar-refractivity contribution >= 4 is 17.2 Å². The van der Waals surface area contributed by atoms with Gasteiger partial charge in [-0.2, -0.15) is 4.98 Å². The maximum Gasteiger partial charge on any atom is 0.373 e. The van der Waals surface area contributed by atoms with Gasteiger partial charge in [0.25, 0.3) is 0 Å². The Kier molecular flexibility index (Phi) is 5.23. The zero-order chi connectivity index (χ0) is 18.4. The van der Waals surface area contributed by atoms with Crippen LogP contribution in [0, 0.1) is 10.1 Å². The van der Waals surface area contributed by atoms with E-state index >= 15 is 0 Å². The van der Waals surface area contributed by atoms with Crippen molar-refractivity contribution in [3.05, 3.63) is 71.0 Å². The minimum atomic E-state index is -0.579. The molecule has 3 rings (SSSR count). The van der Waals surface area contributed by atoms with Crippen molar-refractivity contribution in [2.24, 2.45) is 0 Å². The molecule has 26 heavy (non-hydrogen) atoms. The van der Waals surface area contributed by atoms with E-state index in [1.807, 2.05) is 19.1 Å². The van der Waals surface area contributed by atoms with E-state index in [2.05, 4.69) is 15.3 Å². The number of nitrogens with one attached hydrogen (secondary N) is 1. The van der Waals surface area contributed by atoms with Gasteiger partial charge in [-0.1, -0.05) is 30.3 Å². The maximum atomic E-state index is 11.6. The first-order valence-corrected chi connectivity index (χ1v) is 7.90. The predicted octanol–water partition coefficient (Wildman–Crippen LogP) is 4.32. The highest BCUT2D eigenvalue weighted by atomic mass is 16.6. The molecule has 1 heterocycles. The molecule has 0 radical (unpaired) electrons. The number of hydrogen-bond donors (Lipinski definition) is 1. The van der Waals surface area contributed by atoms with Gasteiger partial charge >= 0.3 is 11.6 Å². The van der Waals surface area contributed by atoms with Gasteiger partial charge in [0.2, 0.25) is 5.82 Å². The number of nitro groups is 1. The Labute approximate surface area is 149 Å². The van der Waals surface area contributed by atoms with Crippen molar-refractivity contribution in [1.29, 1.82) is 0 Å². The number of hydrogen-bond acceptors (Lipinski definition) is 7. The summed E-state index contributed by atoms with van der Waals surface area (Å²) in [6.45, 7) is 2.32. The highest BCUT2D eigenvalue weighted by Gasteiger charge is 2.25. The average molecular weight is 352 g/mol. The summed E-state index contributed by atoms with van der Waals surface area (Å²) in [6, 6.07) is 15.8. The number of para-hydroxylation sites is 3. The van der Waals surface area contributed by atoms with Gasteiger partial charge in [-0.3, -0.25) is 10.1 Å². The molecule has 0 bridgehead atoms. The molecule has 132 valence electrons. The Hall–Kier alpha value is -3.68. The maximum absolute atomic E-state index is 11.6. The van der Waals surface area contributed by atoms with Crippen molar-refractivity contribution in [1.82, 2.24) is 9.97 Å². The highest BCUT2D eigenvalue weighted by molar-refractivity contribution is 5.72. The number of aromatic nitrogens is 2. The van der Waals surface area contributed by atoms with E-state index in [-0.39, 0.29) is 17.4 Å². The van der Waals surface area contributed by atoms with Crippen LogP contribution in [0.4, 0.5) is 17.2 Å². The fraction of sp³-hybridized carbons (Fsp3) is 0.111. The van der Waals surface area contributed by atoms with Gasteiger partial charge in [-0.05, 0) is 31.2 Å². The summed E-state index contributed by atoms with van der Waals surface area (Å²) in [7, 11) is 0. The van der Waals surface area contributed by atoms with Crippen molar-refractivity contribution in [2.75, 3.05) is 11.9 Å². The van der Waals surface area contributed by atoms with Crippen LogP contribution in [0.2, 0.25) is 0 Å². The molecule has 8 heteroatoms. The van der Waals surface area contributed by atoms with Crippen LogP contribution in [0.15, 0.2) is 60.9 Å². The summed E-state index contributed by atoms with van der Waals surface area (Å²) in [5.41, 5.74) is 0.199. The van der Waals surface area contributed by atoms with E-state index in [9.17, 15) is 10.1 Å². The number of ether oxygens (including phenoxy) is 2. The summed E-state index contributed by atoms with van der Waals surface area (Å²) in [6.07, 6.45) is 1.21. The van der Waals surface area contributed by atoms with E-state index in [1.54, 1.807) is 42.5 Å². The molecule has 0 amide bonds. The molecule has 1 N–H and O–H groups in total. The molecule has 0 saturated heterocycles. The van der Waals surface area contributed by atoms with Crippen LogP contribution in [0.25, 0.3) is 0 Å². The SMILES string of the molecule is CCOc1ccccc1Nc1ncnc(Oc2ccccc2)c1[N+](=O)[O-]. The molecule has 1 aromatic heterocycles. The molecule has 0 aliphatic carbocycles. The zero-order valence-corrected chi connectivity index (χ0v) is 14.0. The summed E-state index contributed by atoms with van der Waals surface area (Å²) in [5.74, 6) is 0.874. The predicted molar refractivity (Wildman–Crippen MR) is 96.1 cm³/mol. The molecule has 0 aliphatic heterocycles. The smallest absolute Gasteiger partial charge is 0.373 e. The van der Waals surface area contributed by atoms with Crippen molar-refractivity contribution < 1.29 is 14.4 Å². The average Bonchev–Trinajstić information content (AvgIpc) is 2.64. The highest BCUT2D eigenvalue weighted by Crippen LogP contribution is 2.37. The second-order valence-corrected chi connectivity index (χ2v) is 5.10. The summed E-state index contributed by atoms with van der Waals surface area (Å²) in [5, 5.41) is 14.5. The third-order valence-electron chi connectivity index (χ3n) is 3.37. The number of benzene rings is 2. The topological polar surface area (TPSA) is 99.4 Å². The van der Waals surface area contributed by atoms with Crippen LogP contribution in [0.5, 0.6) is 17.4 Å². The Morgan fingerprint density at radius 1 is 1.08 bits per heavy atom. The molecular formula is C18H16N4O4. The van der Waals surface area contributed by atoms with Crippen LogP contribution in [0.1, 0.15) is 6.92 Å². The Morgan fingerprint density at radius 2 is 1.81 bits per heavy atom. The molecule has 0 atom stereocenters. The van der Waals surface area contributed by atoms with E-state index in [0.29, 0.717) is 23.8 Å². The number of nitrogens with zero attached hydrogens (tertiary/aromatic N) is 3. The molecule has 0 spiro atoms. The lowest BCUT2D eigenvalue weighted by molar-refractivity contribution is -0.385. The van der Waals surface area contributed by atoms with Gasteiger partial charge in [0.1, 0.15) is 17.8 Å². The van der Waals surface area contributed by atoms with Gasteiger partial charge in [0, 0.05) is 0 Å². The molecule has 0 fully saturated rings. The van der Waals surface area contributed by atoms with Crippen LogP contribution in [-0.2, 0) is 0 Å². The van der Waals surface area contributed by atoms with Crippen LogP contribution >= 0.6 is 0 Å². The molecule has 3 aromatic rings. The first-order chi connectivity index (χ1) is 12.7. The minimum Gasteiger partial charge on any atom is -0.492 e. The van der Waals surface area contributed by atoms with Gasteiger partial charge in [0.15, 0.2) is 0 Å². The molecule has 0 unspecified atom stereocenters. The third kappa shape index (κ3) is 3.86. The second kappa shape index (κ2) is 7.93. The van der Waals surface area contributed by atoms with Crippen molar-refractivity contribution in [3.8, 4) is 17.4 Å². The third-order valence-corrected chi connectivity index (χ3v) is 3.37. The zero-order valence-electron chi connectivity index (χ0n) is 14.0. The summed E-state index contributed by atoms with van der Waals surface area (Å²) >= 11 is 0. The quantitative estimate of drug-likeness (QED) is 0.499. The largest absolute Gasteiger partial charge is 0.492 e.